The standard InChI is InChI=1S/C15H21NOS/c1-15(2,3)13-10-12(6-5-9-18-11-16)7-8-14(13)17-4/h7-8,10H,5-6,9H2,1-4H3. The van der Waals surface area contributed by atoms with Gasteiger partial charge in [0, 0.05) is 5.75 Å². The summed E-state index contributed by atoms with van der Waals surface area (Å²) in [5.41, 5.74) is 2.65. The zero-order valence-electron chi connectivity index (χ0n) is 11.6. The summed E-state index contributed by atoms with van der Waals surface area (Å²) >= 11 is 1.33. The molecule has 98 valence electrons. The van der Waals surface area contributed by atoms with Gasteiger partial charge >= 0.3 is 0 Å². The fraction of sp³-hybridized carbons (Fsp3) is 0.533. The van der Waals surface area contributed by atoms with Gasteiger partial charge in [0.05, 0.1) is 7.11 Å². The van der Waals surface area contributed by atoms with Crippen LogP contribution in [0, 0.1) is 10.7 Å². The van der Waals surface area contributed by atoms with Gasteiger partial charge in [-0.15, -0.1) is 0 Å². The molecule has 0 spiro atoms. The van der Waals surface area contributed by atoms with E-state index in [1.807, 2.05) is 6.07 Å². The van der Waals surface area contributed by atoms with Crippen molar-refractivity contribution >= 4 is 11.8 Å². The highest BCUT2D eigenvalue weighted by Crippen LogP contribution is 2.32. The van der Waals surface area contributed by atoms with E-state index in [1.54, 1.807) is 7.11 Å². The zero-order valence-corrected chi connectivity index (χ0v) is 12.4. The number of rotatable bonds is 5. The molecule has 18 heavy (non-hydrogen) atoms. The first kappa shape index (κ1) is 14.9. The fourth-order valence-corrected chi connectivity index (χ4v) is 2.27. The summed E-state index contributed by atoms with van der Waals surface area (Å²) in [5.74, 6) is 1.85. The normalized spacial score (nSPS) is 11.1. The zero-order chi connectivity index (χ0) is 13.6. The van der Waals surface area contributed by atoms with Crippen molar-refractivity contribution < 1.29 is 4.74 Å². The first-order valence-corrected chi connectivity index (χ1v) is 7.16. The van der Waals surface area contributed by atoms with E-state index in [0.29, 0.717) is 0 Å². The van der Waals surface area contributed by atoms with Gasteiger partial charge in [0.1, 0.15) is 11.2 Å². The Morgan fingerprint density at radius 2 is 2.06 bits per heavy atom. The van der Waals surface area contributed by atoms with Gasteiger partial charge in [0.25, 0.3) is 0 Å². The summed E-state index contributed by atoms with van der Waals surface area (Å²) in [6.45, 7) is 6.58. The second-order valence-corrected chi connectivity index (χ2v) is 6.21. The lowest BCUT2D eigenvalue weighted by molar-refractivity contribution is 0.397. The molecule has 0 amide bonds. The van der Waals surface area contributed by atoms with Crippen LogP contribution >= 0.6 is 11.8 Å². The van der Waals surface area contributed by atoms with Crippen LogP contribution in [0.4, 0.5) is 0 Å². The smallest absolute Gasteiger partial charge is 0.133 e. The molecule has 0 N–H and O–H groups in total. The molecule has 0 saturated heterocycles. The lowest BCUT2D eigenvalue weighted by Crippen LogP contribution is -2.13. The molecule has 1 aromatic rings. The molecular weight excluding hydrogens is 242 g/mol. The van der Waals surface area contributed by atoms with Crippen LogP contribution in [-0.4, -0.2) is 12.9 Å². The Labute approximate surface area is 114 Å². The van der Waals surface area contributed by atoms with Crippen molar-refractivity contribution in [3.63, 3.8) is 0 Å². The number of aryl methyl sites for hydroxylation is 1. The topological polar surface area (TPSA) is 33.0 Å². The van der Waals surface area contributed by atoms with Gasteiger partial charge in [-0.05, 0) is 47.2 Å². The summed E-state index contributed by atoms with van der Waals surface area (Å²) in [6, 6.07) is 6.40. The summed E-state index contributed by atoms with van der Waals surface area (Å²) in [5, 5.41) is 10.6. The molecule has 0 fully saturated rings. The Hall–Kier alpha value is -1.14. The van der Waals surface area contributed by atoms with Crippen LogP contribution in [0.1, 0.15) is 38.3 Å². The molecule has 0 aliphatic carbocycles. The van der Waals surface area contributed by atoms with Gasteiger partial charge in [-0.3, -0.25) is 0 Å². The molecule has 3 heteroatoms. The number of hydrogen-bond donors (Lipinski definition) is 0. The molecule has 0 aromatic heterocycles. The van der Waals surface area contributed by atoms with Crippen LogP contribution in [0.5, 0.6) is 5.75 Å². The van der Waals surface area contributed by atoms with Gasteiger partial charge in [0.2, 0.25) is 0 Å². The molecule has 1 rings (SSSR count). The monoisotopic (exact) mass is 263 g/mol. The van der Waals surface area contributed by atoms with E-state index in [4.69, 9.17) is 10.00 Å². The van der Waals surface area contributed by atoms with Crippen LogP contribution in [0.3, 0.4) is 0 Å². The van der Waals surface area contributed by atoms with E-state index >= 15 is 0 Å². The first-order chi connectivity index (χ1) is 8.49. The fourth-order valence-electron chi connectivity index (χ4n) is 1.89. The average Bonchev–Trinajstić information content (AvgIpc) is 2.33. The van der Waals surface area contributed by atoms with Crippen LogP contribution in [0.15, 0.2) is 18.2 Å². The van der Waals surface area contributed by atoms with Crippen molar-refractivity contribution in [1.82, 2.24) is 0 Å². The number of ether oxygens (including phenoxy) is 1. The highest BCUT2D eigenvalue weighted by atomic mass is 32.2. The molecule has 0 atom stereocenters. The van der Waals surface area contributed by atoms with Crippen LogP contribution in [0.25, 0.3) is 0 Å². The van der Waals surface area contributed by atoms with E-state index in [9.17, 15) is 0 Å². The van der Waals surface area contributed by atoms with Crippen molar-refractivity contribution in [1.29, 1.82) is 5.26 Å². The summed E-state index contributed by atoms with van der Waals surface area (Å²) in [7, 11) is 1.72. The average molecular weight is 263 g/mol. The highest BCUT2D eigenvalue weighted by Gasteiger charge is 2.18. The van der Waals surface area contributed by atoms with Crippen LogP contribution in [0.2, 0.25) is 0 Å². The van der Waals surface area contributed by atoms with Gasteiger partial charge in [-0.25, -0.2) is 0 Å². The minimum atomic E-state index is 0.0861. The number of benzene rings is 1. The lowest BCUT2D eigenvalue weighted by Gasteiger charge is -2.23. The second kappa shape index (κ2) is 6.70. The molecule has 0 aliphatic heterocycles. The first-order valence-electron chi connectivity index (χ1n) is 6.17. The number of thioether (sulfide) groups is 1. The molecule has 0 aliphatic rings. The minimum absolute atomic E-state index is 0.0861. The van der Waals surface area contributed by atoms with E-state index < -0.39 is 0 Å². The van der Waals surface area contributed by atoms with Crippen molar-refractivity contribution in [2.24, 2.45) is 0 Å². The second-order valence-electron chi connectivity index (χ2n) is 5.33. The van der Waals surface area contributed by atoms with Gasteiger partial charge in [-0.1, -0.05) is 32.9 Å². The lowest BCUT2D eigenvalue weighted by atomic mass is 9.85. The Morgan fingerprint density at radius 1 is 1.33 bits per heavy atom. The van der Waals surface area contributed by atoms with E-state index in [1.165, 1.54) is 22.9 Å². The molecule has 2 nitrogen and oxygen atoms in total. The third kappa shape index (κ3) is 4.27. The van der Waals surface area contributed by atoms with Crippen molar-refractivity contribution in [3.05, 3.63) is 29.3 Å². The molecule has 1 aromatic carbocycles. The van der Waals surface area contributed by atoms with E-state index in [-0.39, 0.29) is 5.41 Å². The van der Waals surface area contributed by atoms with Crippen LogP contribution < -0.4 is 4.74 Å². The minimum Gasteiger partial charge on any atom is -0.496 e. The maximum absolute atomic E-state index is 8.48. The SMILES string of the molecule is COc1ccc(CCCSC#N)cc1C(C)(C)C. The highest BCUT2D eigenvalue weighted by molar-refractivity contribution is 8.03. The Balaban J connectivity index is 2.81. The van der Waals surface area contributed by atoms with Crippen molar-refractivity contribution in [2.75, 3.05) is 12.9 Å². The predicted octanol–water partition coefficient (Wildman–Crippen LogP) is 4.14. The van der Waals surface area contributed by atoms with E-state index in [2.05, 4.69) is 38.3 Å². The number of nitriles is 1. The molecule has 0 bridgehead atoms. The summed E-state index contributed by atoms with van der Waals surface area (Å²) in [6.07, 6.45) is 2.05. The van der Waals surface area contributed by atoms with Crippen molar-refractivity contribution in [3.8, 4) is 11.2 Å². The third-order valence-corrected chi connectivity index (χ3v) is 3.47. The van der Waals surface area contributed by atoms with E-state index in [0.717, 1.165) is 24.3 Å². The molecule has 0 unspecified atom stereocenters. The Bertz CT molecular complexity index is 429. The maximum atomic E-state index is 8.48. The number of nitrogens with zero attached hydrogens (tertiary/aromatic N) is 1. The third-order valence-electron chi connectivity index (χ3n) is 2.85. The molecule has 0 radical (unpaired) electrons. The van der Waals surface area contributed by atoms with Gasteiger partial charge in [0.15, 0.2) is 0 Å². The number of hydrogen-bond acceptors (Lipinski definition) is 3. The number of thiocyanates is 1. The van der Waals surface area contributed by atoms with Gasteiger partial charge in [-0.2, -0.15) is 5.26 Å². The maximum Gasteiger partial charge on any atom is 0.133 e. The largest absolute Gasteiger partial charge is 0.496 e. The number of methoxy groups -OCH3 is 1. The van der Waals surface area contributed by atoms with Gasteiger partial charge < -0.3 is 4.74 Å². The Kier molecular flexibility index (Phi) is 5.55. The predicted molar refractivity (Wildman–Crippen MR) is 78.1 cm³/mol. The van der Waals surface area contributed by atoms with Crippen molar-refractivity contribution in [2.45, 2.75) is 39.0 Å². The molecular formula is C15H21NOS. The molecule has 0 saturated carbocycles. The van der Waals surface area contributed by atoms with Crippen LogP contribution in [-0.2, 0) is 11.8 Å². The Morgan fingerprint density at radius 3 is 2.61 bits per heavy atom. The quantitative estimate of drug-likeness (QED) is 0.591. The molecule has 0 heterocycles. The summed E-state index contributed by atoms with van der Waals surface area (Å²) < 4.78 is 5.42. The summed E-state index contributed by atoms with van der Waals surface area (Å²) in [4.78, 5) is 0.